The molecule has 0 fully saturated rings. The van der Waals surface area contributed by atoms with Crippen molar-refractivity contribution in [1.82, 2.24) is 10.2 Å². The van der Waals surface area contributed by atoms with Crippen LogP contribution in [0.4, 0.5) is 0 Å². The molecule has 3 rings (SSSR count). The molecular formula is C16H10Cl2N2OS. The van der Waals surface area contributed by atoms with Crippen molar-refractivity contribution in [2.24, 2.45) is 0 Å². The number of carbonyl (C=O) groups is 1. The van der Waals surface area contributed by atoms with Gasteiger partial charge in [-0.25, -0.2) is 0 Å². The van der Waals surface area contributed by atoms with E-state index in [0.29, 0.717) is 15.6 Å². The quantitative estimate of drug-likeness (QED) is 0.496. The lowest BCUT2D eigenvalue weighted by molar-refractivity contribution is 0.102. The fraction of sp³-hybridized carbons (Fsp3) is 0.0625. The maximum absolute atomic E-state index is 12.3. The molecule has 6 heteroatoms. The van der Waals surface area contributed by atoms with E-state index in [-0.39, 0.29) is 11.5 Å². The summed E-state index contributed by atoms with van der Waals surface area (Å²) < 4.78 is 0. The smallest absolute Gasteiger partial charge is 0.174 e. The number of hydrogen-bond donors (Lipinski definition) is 0. The summed E-state index contributed by atoms with van der Waals surface area (Å²) in [4.78, 5) is 12.3. The standard InChI is InChI=1S/C16H10Cl2N2OS/c17-11-5-6-13(14(18)7-11)15(21)9-22-16-12-4-2-1-3-10(12)8-19-20-16/h1-8H,9H2. The minimum Gasteiger partial charge on any atom is -0.293 e. The molecule has 0 bridgehead atoms. The van der Waals surface area contributed by atoms with Gasteiger partial charge in [-0.2, -0.15) is 5.10 Å². The second kappa shape index (κ2) is 6.65. The fourth-order valence-corrected chi connectivity index (χ4v) is 3.42. The summed E-state index contributed by atoms with van der Waals surface area (Å²) >= 11 is 13.3. The molecule has 0 radical (unpaired) electrons. The third-order valence-corrected chi connectivity index (χ3v) is 4.64. The molecule has 1 heterocycles. The molecule has 110 valence electrons. The van der Waals surface area contributed by atoms with Gasteiger partial charge < -0.3 is 0 Å². The molecule has 2 aromatic carbocycles. The Morgan fingerprint density at radius 2 is 1.95 bits per heavy atom. The highest BCUT2D eigenvalue weighted by Crippen LogP contribution is 2.27. The summed E-state index contributed by atoms with van der Waals surface area (Å²) in [5.74, 6) is 0.172. The molecule has 3 nitrogen and oxygen atoms in total. The Kier molecular flexibility index (Phi) is 4.62. The van der Waals surface area contributed by atoms with Crippen LogP contribution in [0.15, 0.2) is 53.7 Å². The Balaban J connectivity index is 1.80. The number of carbonyl (C=O) groups excluding carboxylic acids is 1. The number of fused-ring (bicyclic) bond motifs is 1. The normalized spacial score (nSPS) is 10.8. The molecule has 0 aliphatic heterocycles. The summed E-state index contributed by atoms with van der Waals surface area (Å²) in [6.07, 6.45) is 1.71. The summed E-state index contributed by atoms with van der Waals surface area (Å²) in [5.41, 5.74) is 0.465. The van der Waals surface area contributed by atoms with Crippen LogP contribution in [0.5, 0.6) is 0 Å². The first-order chi connectivity index (χ1) is 10.6. The van der Waals surface area contributed by atoms with Crippen molar-refractivity contribution in [2.45, 2.75) is 5.03 Å². The third kappa shape index (κ3) is 3.24. The predicted octanol–water partition coefficient (Wildman–Crippen LogP) is 4.91. The number of ketones is 1. The second-order valence-electron chi connectivity index (χ2n) is 4.57. The van der Waals surface area contributed by atoms with E-state index in [0.717, 1.165) is 15.8 Å². The molecule has 0 N–H and O–H groups in total. The first-order valence-electron chi connectivity index (χ1n) is 6.46. The van der Waals surface area contributed by atoms with Gasteiger partial charge in [-0.1, -0.05) is 59.2 Å². The average Bonchev–Trinajstić information content (AvgIpc) is 2.52. The molecule has 0 amide bonds. The average molecular weight is 349 g/mol. The Labute approximate surface area is 141 Å². The second-order valence-corrected chi connectivity index (χ2v) is 6.38. The Morgan fingerprint density at radius 3 is 2.77 bits per heavy atom. The van der Waals surface area contributed by atoms with Gasteiger partial charge in [0.05, 0.1) is 17.0 Å². The van der Waals surface area contributed by atoms with Crippen LogP contribution in [0.25, 0.3) is 10.8 Å². The Morgan fingerprint density at radius 1 is 1.14 bits per heavy atom. The monoisotopic (exact) mass is 348 g/mol. The van der Waals surface area contributed by atoms with E-state index in [9.17, 15) is 4.79 Å². The molecule has 0 saturated carbocycles. The molecule has 0 aliphatic carbocycles. The van der Waals surface area contributed by atoms with Gasteiger partial charge in [0.15, 0.2) is 5.78 Å². The lowest BCUT2D eigenvalue weighted by Crippen LogP contribution is -2.03. The topological polar surface area (TPSA) is 42.9 Å². The van der Waals surface area contributed by atoms with Gasteiger partial charge in [0.1, 0.15) is 5.03 Å². The van der Waals surface area contributed by atoms with Crippen molar-refractivity contribution in [2.75, 3.05) is 5.75 Å². The number of halogens is 2. The van der Waals surface area contributed by atoms with Gasteiger partial charge in [-0.15, -0.1) is 5.10 Å². The molecule has 3 aromatic rings. The van der Waals surface area contributed by atoms with E-state index in [4.69, 9.17) is 23.2 Å². The van der Waals surface area contributed by atoms with E-state index in [2.05, 4.69) is 10.2 Å². The van der Waals surface area contributed by atoms with Crippen molar-refractivity contribution in [1.29, 1.82) is 0 Å². The number of aromatic nitrogens is 2. The Hall–Kier alpha value is -1.62. The van der Waals surface area contributed by atoms with Gasteiger partial charge in [0.2, 0.25) is 0 Å². The SMILES string of the molecule is O=C(CSc1nncc2ccccc12)c1ccc(Cl)cc1Cl. The lowest BCUT2D eigenvalue weighted by Gasteiger charge is -2.05. The minimum atomic E-state index is -0.0681. The largest absolute Gasteiger partial charge is 0.293 e. The first kappa shape index (κ1) is 15.3. The van der Waals surface area contributed by atoms with E-state index >= 15 is 0 Å². The number of benzene rings is 2. The number of rotatable bonds is 4. The van der Waals surface area contributed by atoms with Gasteiger partial charge >= 0.3 is 0 Å². The molecule has 0 atom stereocenters. The first-order valence-corrected chi connectivity index (χ1v) is 8.21. The van der Waals surface area contributed by atoms with Gasteiger partial charge in [-0.05, 0) is 18.2 Å². The summed E-state index contributed by atoms with van der Waals surface area (Å²) in [6, 6.07) is 12.7. The van der Waals surface area contributed by atoms with Crippen molar-refractivity contribution < 1.29 is 4.79 Å². The van der Waals surface area contributed by atoms with E-state index in [1.54, 1.807) is 24.4 Å². The number of nitrogens with zero attached hydrogens (tertiary/aromatic N) is 2. The van der Waals surface area contributed by atoms with Gasteiger partial charge in [0, 0.05) is 21.4 Å². The van der Waals surface area contributed by atoms with Crippen LogP contribution in [0, 0.1) is 0 Å². The van der Waals surface area contributed by atoms with Gasteiger partial charge in [-0.3, -0.25) is 4.79 Å². The highest BCUT2D eigenvalue weighted by Gasteiger charge is 2.13. The summed E-state index contributed by atoms with van der Waals surface area (Å²) in [7, 11) is 0. The molecule has 0 unspecified atom stereocenters. The zero-order valence-corrected chi connectivity index (χ0v) is 13.6. The maximum atomic E-state index is 12.3. The lowest BCUT2D eigenvalue weighted by atomic mass is 10.1. The van der Waals surface area contributed by atoms with Crippen LogP contribution in [-0.2, 0) is 0 Å². The van der Waals surface area contributed by atoms with Crippen LogP contribution in [0.1, 0.15) is 10.4 Å². The fourth-order valence-electron chi connectivity index (χ4n) is 2.04. The molecule has 0 saturated heterocycles. The van der Waals surface area contributed by atoms with Crippen LogP contribution in [0.3, 0.4) is 0 Å². The van der Waals surface area contributed by atoms with Crippen molar-refractivity contribution in [3.05, 3.63) is 64.3 Å². The van der Waals surface area contributed by atoms with Gasteiger partial charge in [0.25, 0.3) is 0 Å². The number of Topliss-reactive ketones (excluding diaryl/α,β-unsaturated/α-hetero) is 1. The van der Waals surface area contributed by atoms with Crippen LogP contribution < -0.4 is 0 Å². The minimum absolute atomic E-state index is 0.0681. The van der Waals surface area contributed by atoms with Crippen LogP contribution in [0.2, 0.25) is 10.0 Å². The van der Waals surface area contributed by atoms with Crippen molar-refractivity contribution in [3.8, 4) is 0 Å². The third-order valence-electron chi connectivity index (χ3n) is 3.11. The van der Waals surface area contributed by atoms with E-state index < -0.39 is 0 Å². The highest BCUT2D eigenvalue weighted by atomic mass is 35.5. The van der Waals surface area contributed by atoms with Crippen LogP contribution >= 0.6 is 35.0 Å². The molecule has 22 heavy (non-hydrogen) atoms. The molecule has 0 aliphatic rings. The highest BCUT2D eigenvalue weighted by molar-refractivity contribution is 8.00. The van der Waals surface area contributed by atoms with Crippen LogP contribution in [-0.4, -0.2) is 21.7 Å². The van der Waals surface area contributed by atoms with Crippen molar-refractivity contribution in [3.63, 3.8) is 0 Å². The van der Waals surface area contributed by atoms with E-state index in [1.165, 1.54) is 11.8 Å². The number of thioether (sulfide) groups is 1. The predicted molar refractivity (Wildman–Crippen MR) is 91.1 cm³/mol. The maximum Gasteiger partial charge on any atom is 0.174 e. The molecule has 1 aromatic heterocycles. The van der Waals surface area contributed by atoms with E-state index in [1.807, 2.05) is 24.3 Å². The zero-order chi connectivity index (χ0) is 15.5. The number of hydrogen-bond acceptors (Lipinski definition) is 4. The van der Waals surface area contributed by atoms with Crippen molar-refractivity contribution >= 4 is 51.5 Å². The zero-order valence-electron chi connectivity index (χ0n) is 11.3. The summed E-state index contributed by atoms with van der Waals surface area (Å²) in [5, 5.41) is 11.7. The summed E-state index contributed by atoms with van der Waals surface area (Å²) in [6.45, 7) is 0. The molecular weight excluding hydrogens is 339 g/mol. The Bertz CT molecular complexity index is 849. The molecule has 0 spiro atoms.